The zero-order valence-electron chi connectivity index (χ0n) is 20.6. The molecule has 1 saturated heterocycles. The van der Waals surface area contributed by atoms with Gasteiger partial charge >= 0.3 is 0 Å². The highest BCUT2D eigenvalue weighted by Gasteiger charge is 2.61. The molecule has 0 unspecified atom stereocenters. The Balaban J connectivity index is 1.15. The molecule has 1 fully saturated rings. The van der Waals surface area contributed by atoms with E-state index in [1.807, 2.05) is 48.5 Å². The largest absolute Gasteiger partial charge is 0.489 e. The lowest BCUT2D eigenvalue weighted by Crippen LogP contribution is -2.41. The number of hydrogen-bond donors (Lipinski definition) is 0. The predicted octanol–water partition coefficient (Wildman–Crippen LogP) is 6.80. The Morgan fingerprint density at radius 1 is 0.744 bits per heavy atom. The van der Waals surface area contributed by atoms with Crippen molar-refractivity contribution in [2.24, 2.45) is 16.9 Å². The number of ether oxygens (including phenoxy) is 1. The fraction of sp³-hybridized carbons (Fsp3) is 0.156. The van der Waals surface area contributed by atoms with Gasteiger partial charge < -0.3 is 4.74 Å². The molecule has 2 amide bonds. The van der Waals surface area contributed by atoms with Crippen molar-refractivity contribution in [3.63, 3.8) is 0 Å². The van der Waals surface area contributed by atoms with E-state index in [-0.39, 0.29) is 30.3 Å². The second-order valence-electron chi connectivity index (χ2n) is 10.1. The summed E-state index contributed by atoms with van der Waals surface area (Å²) in [6, 6.07) is 29.0. The first-order valence-electron chi connectivity index (χ1n) is 12.8. The van der Waals surface area contributed by atoms with Crippen molar-refractivity contribution >= 4 is 41.2 Å². The highest BCUT2D eigenvalue weighted by atomic mass is 35.5. The number of hydrazone groups is 1. The van der Waals surface area contributed by atoms with E-state index in [1.165, 1.54) is 6.21 Å². The van der Waals surface area contributed by atoms with E-state index in [4.69, 9.17) is 27.9 Å². The molecular formula is C32H22Cl2N2O3. The molecule has 0 saturated carbocycles. The van der Waals surface area contributed by atoms with Crippen LogP contribution in [-0.2, 0) is 16.2 Å². The number of benzene rings is 4. The number of carbonyl (C=O) groups excluding carboxylic acids is 2. The first kappa shape index (κ1) is 24.1. The summed E-state index contributed by atoms with van der Waals surface area (Å²) in [5.74, 6) is -1.09. The summed E-state index contributed by atoms with van der Waals surface area (Å²) >= 11 is 12.2. The average Bonchev–Trinajstić information content (AvgIpc) is 3.21. The Hall–Kier alpha value is -3.93. The zero-order chi connectivity index (χ0) is 26.7. The van der Waals surface area contributed by atoms with Crippen LogP contribution in [0.15, 0.2) is 96.1 Å². The monoisotopic (exact) mass is 552 g/mol. The Morgan fingerprint density at radius 2 is 1.33 bits per heavy atom. The van der Waals surface area contributed by atoms with Crippen LogP contribution in [0.3, 0.4) is 0 Å². The Kier molecular flexibility index (Phi) is 5.80. The Morgan fingerprint density at radius 3 is 1.90 bits per heavy atom. The van der Waals surface area contributed by atoms with Gasteiger partial charge in [0.2, 0.25) is 0 Å². The fourth-order valence-electron chi connectivity index (χ4n) is 6.38. The average molecular weight is 553 g/mol. The van der Waals surface area contributed by atoms with Crippen LogP contribution >= 0.6 is 23.2 Å². The van der Waals surface area contributed by atoms with E-state index in [2.05, 4.69) is 29.4 Å². The molecule has 4 aromatic carbocycles. The Bertz CT molecular complexity index is 1570. The third-order valence-corrected chi connectivity index (χ3v) is 8.60. The van der Waals surface area contributed by atoms with Crippen molar-refractivity contribution in [3.8, 4) is 5.75 Å². The summed E-state index contributed by atoms with van der Waals surface area (Å²) in [5, 5.41) is 6.58. The highest BCUT2D eigenvalue weighted by molar-refractivity contribution is 6.35. The maximum Gasteiger partial charge on any atom is 0.254 e. The van der Waals surface area contributed by atoms with Crippen LogP contribution in [0.2, 0.25) is 10.0 Å². The van der Waals surface area contributed by atoms with Gasteiger partial charge in [-0.2, -0.15) is 10.1 Å². The molecule has 1 aliphatic heterocycles. The van der Waals surface area contributed by atoms with Crippen molar-refractivity contribution < 1.29 is 14.3 Å². The molecule has 2 bridgehead atoms. The molecule has 8 rings (SSSR count). The topological polar surface area (TPSA) is 59.0 Å². The third-order valence-electron chi connectivity index (χ3n) is 8.02. The summed E-state index contributed by atoms with van der Waals surface area (Å²) in [7, 11) is 0. The van der Waals surface area contributed by atoms with Gasteiger partial charge in [0.15, 0.2) is 0 Å². The molecule has 0 N–H and O–H groups in total. The number of hydrogen-bond acceptors (Lipinski definition) is 4. The number of amides is 2. The van der Waals surface area contributed by atoms with Gasteiger partial charge in [-0.05, 0) is 52.1 Å². The molecule has 4 aliphatic rings. The van der Waals surface area contributed by atoms with Crippen LogP contribution in [0.1, 0.15) is 45.2 Å². The van der Waals surface area contributed by atoms with Gasteiger partial charge in [0.1, 0.15) is 12.4 Å². The molecule has 0 spiro atoms. The summed E-state index contributed by atoms with van der Waals surface area (Å²) in [5.41, 5.74) is 6.08. The molecule has 0 aromatic heterocycles. The number of carbonyl (C=O) groups is 2. The van der Waals surface area contributed by atoms with Crippen molar-refractivity contribution in [1.82, 2.24) is 5.01 Å². The zero-order valence-corrected chi connectivity index (χ0v) is 22.1. The smallest absolute Gasteiger partial charge is 0.254 e. The first-order chi connectivity index (χ1) is 19.0. The van der Waals surface area contributed by atoms with Crippen molar-refractivity contribution in [2.75, 3.05) is 0 Å². The number of rotatable bonds is 5. The number of nitrogens with zero attached hydrogens (tertiary/aromatic N) is 2. The van der Waals surface area contributed by atoms with Crippen LogP contribution in [0, 0.1) is 11.8 Å². The molecule has 1 heterocycles. The molecule has 39 heavy (non-hydrogen) atoms. The van der Waals surface area contributed by atoms with Crippen molar-refractivity contribution in [3.05, 3.63) is 134 Å². The van der Waals surface area contributed by atoms with Gasteiger partial charge in [-0.15, -0.1) is 0 Å². The second kappa shape index (κ2) is 9.37. The summed E-state index contributed by atoms with van der Waals surface area (Å²) < 4.78 is 5.92. The van der Waals surface area contributed by atoms with Crippen LogP contribution in [-0.4, -0.2) is 23.0 Å². The minimum absolute atomic E-state index is 0.152. The van der Waals surface area contributed by atoms with E-state index in [0.717, 1.165) is 32.8 Å². The summed E-state index contributed by atoms with van der Waals surface area (Å²) in [6.45, 7) is 0.271. The van der Waals surface area contributed by atoms with Gasteiger partial charge in [-0.3, -0.25) is 9.59 Å². The molecule has 5 nitrogen and oxygen atoms in total. The molecule has 3 aliphatic carbocycles. The van der Waals surface area contributed by atoms with Crippen LogP contribution < -0.4 is 4.74 Å². The predicted molar refractivity (Wildman–Crippen MR) is 150 cm³/mol. The summed E-state index contributed by atoms with van der Waals surface area (Å²) in [6.07, 6.45) is 1.54. The van der Waals surface area contributed by atoms with E-state index in [1.54, 1.807) is 18.2 Å². The summed E-state index contributed by atoms with van der Waals surface area (Å²) in [4.78, 5) is 27.4. The van der Waals surface area contributed by atoms with E-state index in [0.29, 0.717) is 21.4 Å². The van der Waals surface area contributed by atoms with E-state index in [9.17, 15) is 9.59 Å². The van der Waals surface area contributed by atoms with Gasteiger partial charge in [0.05, 0.1) is 18.1 Å². The lowest BCUT2D eigenvalue weighted by Gasteiger charge is -2.45. The SMILES string of the molecule is O=C1[C@@H]2C3c4ccccc4C(c4ccccc43)[C@H]2C(=O)N1/N=C\c1cccc(OCc2ccc(Cl)cc2Cl)c1. The van der Waals surface area contributed by atoms with Crippen molar-refractivity contribution in [1.29, 1.82) is 0 Å². The second-order valence-corrected chi connectivity index (χ2v) is 10.9. The van der Waals surface area contributed by atoms with E-state index >= 15 is 0 Å². The fourth-order valence-corrected chi connectivity index (χ4v) is 6.85. The molecule has 2 atom stereocenters. The van der Waals surface area contributed by atoms with Crippen molar-refractivity contribution in [2.45, 2.75) is 18.4 Å². The lowest BCUT2D eigenvalue weighted by molar-refractivity contribution is -0.139. The molecule has 192 valence electrons. The van der Waals surface area contributed by atoms with Gasteiger partial charge in [0.25, 0.3) is 11.8 Å². The maximum absolute atomic E-state index is 13.7. The minimum Gasteiger partial charge on any atom is -0.489 e. The quantitative estimate of drug-likeness (QED) is 0.202. The Labute approximate surface area is 235 Å². The van der Waals surface area contributed by atoms with Crippen LogP contribution in [0.5, 0.6) is 5.75 Å². The van der Waals surface area contributed by atoms with Gasteiger partial charge in [-0.25, -0.2) is 0 Å². The molecule has 0 radical (unpaired) electrons. The molecular weight excluding hydrogens is 531 g/mol. The lowest BCUT2D eigenvalue weighted by atomic mass is 9.55. The standard InChI is InChI=1S/C32H22Cl2N2O3/c33-20-13-12-19(26(34)15-20)17-39-21-7-5-6-18(14-21)16-35-36-31(37)29-27-22-8-1-2-9-23(22)28(30(29)32(36)38)25-11-4-3-10-24(25)27/h1-16,27-30H,17H2/b35-16-/t27?,28?,29-,30-/m1/s1. The number of halogens is 2. The number of imide groups is 1. The van der Waals surface area contributed by atoms with Crippen LogP contribution in [0.4, 0.5) is 0 Å². The van der Waals surface area contributed by atoms with E-state index < -0.39 is 11.8 Å². The van der Waals surface area contributed by atoms with Crippen LogP contribution in [0.25, 0.3) is 0 Å². The molecule has 7 heteroatoms. The normalized spacial score (nSPS) is 22.7. The maximum atomic E-state index is 13.7. The van der Waals surface area contributed by atoms with Gasteiger partial charge in [0, 0.05) is 27.4 Å². The highest BCUT2D eigenvalue weighted by Crippen LogP contribution is 2.60. The first-order valence-corrected chi connectivity index (χ1v) is 13.5. The third kappa shape index (κ3) is 3.88. The molecule has 4 aromatic rings. The van der Waals surface area contributed by atoms with Gasteiger partial charge in [-0.1, -0.05) is 89.9 Å². The minimum atomic E-state index is -0.455.